The summed E-state index contributed by atoms with van der Waals surface area (Å²) in [5, 5.41) is 8.75. The van der Waals surface area contributed by atoms with E-state index in [0.29, 0.717) is 12.2 Å². The molecular weight excluding hydrogens is 278 g/mol. The highest BCUT2D eigenvalue weighted by atomic mass is 16.5. The van der Waals surface area contributed by atoms with Crippen LogP contribution in [0.2, 0.25) is 0 Å². The number of hydrogen-bond donors (Lipinski definition) is 0. The van der Waals surface area contributed by atoms with Gasteiger partial charge in [-0.05, 0) is 31.2 Å². The molecule has 120 valence electrons. The molecule has 0 spiro atoms. The molecular formula is C17H25N3O2. The second-order valence-corrected chi connectivity index (χ2v) is 5.36. The van der Waals surface area contributed by atoms with Crippen LogP contribution in [0.4, 0.5) is 0 Å². The minimum absolute atomic E-state index is 0.663. The molecule has 22 heavy (non-hydrogen) atoms. The van der Waals surface area contributed by atoms with Crippen molar-refractivity contribution in [1.29, 1.82) is 5.26 Å². The molecule has 0 unspecified atom stereocenters. The molecule has 0 amide bonds. The van der Waals surface area contributed by atoms with Crippen molar-refractivity contribution in [2.24, 2.45) is 0 Å². The summed E-state index contributed by atoms with van der Waals surface area (Å²) in [5.74, 6) is 0.828. The minimum Gasteiger partial charge on any atom is -0.492 e. The van der Waals surface area contributed by atoms with Crippen LogP contribution in [0.25, 0.3) is 0 Å². The van der Waals surface area contributed by atoms with Gasteiger partial charge >= 0.3 is 0 Å². The van der Waals surface area contributed by atoms with E-state index in [1.165, 1.54) is 0 Å². The highest BCUT2D eigenvalue weighted by Gasteiger charge is 2.16. The van der Waals surface area contributed by atoms with Crippen LogP contribution in [-0.4, -0.2) is 68.9 Å². The Morgan fingerprint density at radius 2 is 1.59 bits per heavy atom. The predicted octanol–water partition coefficient (Wildman–Crippen LogP) is 1.59. The molecule has 1 aliphatic rings. The van der Waals surface area contributed by atoms with Gasteiger partial charge in [-0.3, -0.25) is 9.80 Å². The zero-order chi connectivity index (χ0) is 15.6. The van der Waals surface area contributed by atoms with Gasteiger partial charge in [-0.1, -0.05) is 0 Å². The Morgan fingerprint density at radius 3 is 2.14 bits per heavy atom. The SMILES string of the molecule is CCOCCN1CCN(CCOc2ccc(C#N)cc2)CC1. The second kappa shape index (κ2) is 9.42. The molecule has 1 heterocycles. The maximum absolute atomic E-state index is 8.75. The molecule has 5 nitrogen and oxygen atoms in total. The van der Waals surface area contributed by atoms with E-state index in [1.807, 2.05) is 19.1 Å². The van der Waals surface area contributed by atoms with Crippen molar-refractivity contribution in [1.82, 2.24) is 9.80 Å². The van der Waals surface area contributed by atoms with Crippen LogP contribution in [0.15, 0.2) is 24.3 Å². The van der Waals surface area contributed by atoms with Crippen LogP contribution in [0.1, 0.15) is 12.5 Å². The zero-order valence-electron chi connectivity index (χ0n) is 13.3. The third-order valence-corrected chi connectivity index (χ3v) is 3.88. The van der Waals surface area contributed by atoms with Gasteiger partial charge in [0.1, 0.15) is 12.4 Å². The number of rotatable bonds is 8. The van der Waals surface area contributed by atoms with E-state index in [0.717, 1.165) is 58.2 Å². The fraction of sp³-hybridized carbons (Fsp3) is 0.588. The number of piperazine rings is 1. The van der Waals surface area contributed by atoms with Crippen molar-refractivity contribution >= 4 is 0 Å². The van der Waals surface area contributed by atoms with Crippen molar-refractivity contribution in [2.45, 2.75) is 6.92 Å². The molecule has 1 aromatic rings. The first kappa shape index (κ1) is 16.8. The van der Waals surface area contributed by atoms with Crippen LogP contribution in [0.3, 0.4) is 0 Å². The highest BCUT2D eigenvalue weighted by Crippen LogP contribution is 2.11. The van der Waals surface area contributed by atoms with E-state index in [2.05, 4.69) is 15.9 Å². The number of hydrogen-bond acceptors (Lipinski definition) is 5. The number of benzene rings is 1. The minimum atomic E-state index is 0.663. The second-order valence-electron chi connectivity index (χ2n) is 5.36. The first-order valence-corrected chi connectivity index (χ1v) is 7.97. The Morgan fingerprint density at radius 1 is 1.00 bits per heavy atom. The van der Waals surface area contributed by atoms with Crippen molar-refractivity contribution in [2.75, 3.05) is 59.1 Å². The molecule has 1 saturated heterocycles. The van der Waals surface area contributed by atoms with Gasteiger partial charge in [0, 0.05) is 45.9 Å². The Bertz CT molecular complexity index is 462. The molecule has 0 radical (unpaired) electrons. The van der Waals surface area contributed by atoms with Gasteiger partial charge in [0.15, 0.2) is 0 Å². The third-order valence-electron chi connectivity index (χ3n) is 3.88. The Balaban J connectivity index is 1.59. The highest BCUT2D eigenvalue weighted by molar-refractivity contribution is 5.34. The smallest absolute Gasteiger partial charge is 0.119 e. The summed E-state index contributed by atoms with van der Waals surface area (Å²) in [6.07, 6.45) is 0. The summed E-state index contributed by atoms with van der Waals surface area (Å²) >= 11 is 0. The summed E-state index contributed by atoms with van der Waals surface area (Å²) in [6, 6.07) is 9.38. The molecule has 0 bridgehead atoms. The fourth-order valence-corrected chi connectivity index (χ4v) is 2.49. The van der Waals surface area contributed by atoms with Crippen LogP contribution < -0.4 is 4.74 Å². The van der Waals surface area contributed by atoms with E-state index < -0.39 is 0 Å². The lowest BCUT2D eigenvalue weighted by atomic mass is 10.2. The first-order valence-electron chi connectivity index (χ1n) is 7.97. The number of nitriles is 1. The molecule has 0 saturated carbocycles. The Kier molecular flexibility index (Phi) is 7.17. The van der Waals surface area contributed by atoms with Crippen LogP contribution in [-0.2, 0) is 4.74 Å². The van der Waals surface area contributed by atoms with Gasteiger partial charge in [0.2, 0.25) is 0 Å². The quantitative estimate of drug-likeness (QED) is 0.683. The molecule has 0 aliphatic carbocycles. The van der Waals surface area contributed by atoms with E-state index in [-0.39, 0.29) is 0 Å². The number of ether oxygens (including phenoxy) is 2. The average Bonchev–Trinajstić information content (AvgIpc) is 2.57. The lowest BCUT2D eigenvalue weighted by Crippen LogP contribution is -2.48. The molecule has 0 atom stereocenters. The predicted molar refractivity (Wildman–Crippen MR) is 86.0 cm³/mol. The Hall–Kier alpha value is -1.61. The summed E-state index contributed by atoms with van der Waals surface area (Å²) in [6.45, 7) is 10.7. The topological polar surface area (TPSA) is 48.7 Å². The van der Waals surface area contributed by atoms with Crippen LogP contribution in [0, 0.1) is 11.3 Å². The van der Waals surface area contributed by atoms with Gasteiger partial charge < -0.3 is 9.47 Å². The molecule has 0 N–H and O–H groups in total. The van der Waals surface area contributed by atoms with Gasteiger partial charge in [-0.15, -0.1) is 0 Å². The standard InChI is InChI=1S/C17H25N3O2/c1-2-21-13-11-19-7-9-20(10-8-19)12-14-22-17-5-3-16(15-18)4-6-17/h3-6H,2,7-14H2,1H3. The summed E-state index contributed by atoms with van der Waals surface area (Å²) in [5.41, 5.74) is 0.663. The molecule has 1 fully saturated rings. The maximum Gasteiger partial charge on any atom is 0.119 e. The summed E-state index contributed by atoms with van der Waals surface area (Å²) in [4.78, 5) is 4.88. The zero-order valence-corrected chi connectivity index (χ0v) is 13.3. The van der Waals surface area contributed by atoms with E-state index in [1.54, 1.807) is 12.1 Å². The third kappa shape index (κ3) is 5.64. The fourth-order valence-electron chi connectivity index (χ4n) is 2.49. The number of nitrogens with zero attached hydrogens (tertiary/aromatic N) is 3. The van der Waals surface area contributed by atoms with Crippen LogP contribution in [0.5, 0.6) is 5.75 Å². The molecule has 1 aromatic carbocycles. The van der Waals surface area contributed by atoms with E-state index in [9.17, 15) is 0 Å². The maximum atomic E-state index is 8.75. The van der Waals surface area contributed by atoms with Crippen molar-refractivity contribution in [3.05, 3.63) is 29.8 Å². The van der Waals surface area contributed by atoms with E-state index in [4.69, 9.17) is 14.7 Å². The van der Waals surface area contributed by atoms with Gasteiger partial charge in [-0.2, -0.15) is 5.26 Å². The van der Waals surface area contributed by atoms with Gasteiger partial charge in [0.05, 0.1) is 18.2 Å². The molecule has 5 heteroatoms. The summed E-state index contributed by atoms with van der Waals surface area (Å²) in [7, 11) is 0. The van der Waals surface area contributed by atoms with Crippen LogP contribution >= 0.6 is 0 Å². The van der Waals surface area contributed by atoms with E-state index >= 15 is 0 Å². The van der Waals surface area contributed by atoms with Crippen molar-refractivity contribution in [3.63, 3.8) is 0 Å². The molecule has 1 aliphatic heterocycles. The van der Waals surface area contributed by atoms with Crippen molar-refractivity contribution in [3.8, 4) is 11.8 Å². The Labute approximate surface area is 133 Å². The lowest BCUT2D eigenvalue weighted by Gasteiger charge is -2.34. The average molecular weight is 303 g/mol. The molecule has 2 rings (SSSR count). The first-order chi connectivity index (χ1) is 10.8. The lowest BCUT2D eigenvalue weighted by molar-refractivity contribution is 0.0759. The largest absolute Gasteiger partial charge is 0.492 e. The molecule has 0 aromatic heterocycles. The van der Waals surface area contributed by atoms with Crippen molar-refractivity contribution < 1.29 is 9.47 Å². The normalized spacial score (nSPS) is 16.4. The van der Waals surface area contributed by atoms with Gasteiger partial charge in [-0.25, -0.2) is 0 Å². The monoisotopic (exact) mass is 303 g/mol. The van der Waals surface area contributed by atoms with Gasteiger partial charge in [0.25, 0.3) is 0 Å². The summed E-state index contributed by atoms with van der Waals surface area (Å²) < 4.78 is 11.1.